The third-order valence-corrected chi connectivity index (χ3v) is 10.7. The molecule has 3 saturated carbocycles. The second-order valence-electron chi connectivity index (χ2n) is 13.0. The largest absolute Gasteiger partial charge is 0.392 e. The molecule has 0 aromatic heterocycles. The van der Waals surface area contributed by atoms with Crippen molar-refractivity contribution in [1.29, 1.82) is 0 Å². The molecule has 3 aliphatic rings. The number of allylic oxidation sites excluding steroid dienone is 1. The van der Waals surface area contributed by atoms with Crippen molar-refractivity contribution >= 4 is 0 Å². The maximum absolute atomic E-state index is 4.11. The molecule has 1 heteroatoms. The van der Waals surface area contributed by atoms with E-state index in [-0.39, 0.29) is 7.43 Å². The summed E-state index contributed by atoms with van der Waals surface area (Å²) in [6, 6.07) is 0. The zero-order chi connectivity index (χ0) is 28.9. The molecule has 0 spiro atoms. The standard InChI is InChI=1S/C25H45N.C8H18.2C2H6.CH4/c1-20(26-4)10-7-12-21-15-9-17-24(21,2)19-16-23-14-8-13-22-11-5-6-18-25(22,23)3;1-3-5-7-8-6-4-2;2*1-2;/h21-23,26H,1,5-19H2,2-4H3;3-8H2,1-2H3;2*1-2H3;1H4. The van der Waals surface area contributed by atoms with Crippen molar-refractivity contribution in [3.05, 3.63) is 12.3 Å². The molecule has 1 N–H and O–H groups in total. The maximum Gasteiger partial charge on any atom is 0.00310 e. The van der Waals surface area contributed by atoms with E-state index in [2.05, 4.69) is 39.6 Å². The van der Waals surface area contributed by atoms with Gasteiger partial charge in [0.25, 0.3) is 0 Å². The fourth-order valence-electron chi connectivity index (χ4n) is 8.03. The fourth-order valence-corrected chi connectivity index (χ4v) is 8.03. The second kappa shape index (κ2) is 24.2. The highest BCUT2D eigenvalue weighted by atomic mass is 14.8. The van der Waals surface area contributed by atoms with Gasteiger partial charge in [-0.2, -0.15) is 0 Å². The number of rotatable bonds is 13. The highest BCUT2D eigenvalue weighted by Gasteiger charge is 2.46. The van der Waals surface area contributed by atoms with Gasteiger partial charge in [0, 0.05) is 12.7 Å². The van der Waals surface area contributed by atoms with Gasteiger partial charge in [-0.3, -0.25) is 0 Å². The molecule has 0 amide bonds. The van der Waals surface area contributed by atoms with Crippen LogP contribution in [0.1, 0.15) is 198 Å². The second-order valence-corrected chi connectivity index (χ2v) is 13.0. The van der Waals surface area contributed by atoms with Crippen LogP contribution in [0.2, 0.25) is 0 Å². The van der Waals surface area contributed by atoms with E-state index in [1.807, 2.05) is 34.7 Å². The van der Waals surface area contributed by atoms with Gasteiger partial charge >= 0.3 is 0 Å². The number of nitrogens with one attached hydrogen (secondary N) is 1. The molecule has 5 unspecified atom stereocenters. The van der Waals surface area contributed by atoms with Crippen molar-refractivity contribution < 1.29 is 0 Å². The highest BCUT2D eigenvalue weighted by Crippen LogP contribution is 2.57. The van der Waals surface area contributed by atoms with Crippen molar-refractivity contribution in [2.45, 2.75) is 198 Å². The average molecular weight is 550 g/mol. The van der Waals surface area contributed by atoms with Crippen LogP contribution in [0.5, 0.6) is 0 Å². The summed E-state index contributed by atoms with van der Waals surface area (Å²) in [5.74, 6) is 3.03. The normalized spacial score (nSPS) is 29.1. The Hall–Kier alpha value is -0.460. The van der Waals surface area contributed by atoms with E-state index >= 15 is 0 Å². The molecule has 0 bridgehead atoms. The van der Waals surface area contributed by atoms with Crippen LogP contribution in [0.4, 0.5) is 0 Å². The van der Waals surface area contributed by atoms with Gasteiger partial charge in [0.05, 0.1) is 0 Å². The topological polar surface area (TPSA) is 12.0 Å². The molecule has 0 aromatic carbocycles. The number of hydrogen-bond donors (Lipinski definition) is 1. The van der Waals surface area contributed by atoms with Crippen LogP contribution in [0.25, 0.3) is 0 Å². The van der Waals surface area contributed by atoms with E-state index in [9.17, 15) is 0 Å². The van der Waals surface area contributed by atoms with Crippen LogP contribution >= 0.6 is 0 Å². The maximum atomic E-state index is 4.11. The van der Waals surface area contributed by atoms with E-state index in [0.717, 1.165) is 24.2 Å². The predicted molar refractivity (Wildman–Crippen MR) is 183 cm³/mol. The molecular weight excluding hydrogens is 470 g/mol. The lowest BCUT2D eigenvalue weighted by molar-refractivity contribution is -0.0104. The lowest BCUT2D eigenvalue weighted by Gasteiger charge is -2.51. The third kappa shape index (κ3) is 14.3. The van der Waals surface area contributed by atoms with Gasteiger partial charge in [0.2, 0.25) is 0 Å². The van der Waals surface area contributed by atoms with Crippen molar-refractivity contribution in [3.8, 4) is 0 Å². The summed E-state index contributed by atoms with van der Waals surface area (Å²) in [4.78, 5) is 0. The zero-order valence-corrected chi connectivity index (χ0v) is 28.3. The lowest BCUT2D eigenvalue weighted by Crippen LogP contribution is -2.41. The summed E-state index contributed by atoms with van der Waals surface area (Å²) < 4.78 is 0. The van der Waals surface area contributed by atoms with Gasteiger partial charge in [0.1, 0.15) is 0 Å². The fraction of sp³-hybridized carbons (Fsp3) is 0.947. The van der Waals surface area contributed by atoms with Gasteiger partial charge in [0.15, 0.2) is 0 Å². The Morgan fingerprint density at radius 2 is 1.31 bits per heavy atom. The van der Waals surface area contributed by atoms with Gasteiger partial charge in [-0.05, 0) is 99.2 Å². The molecule has 0 aromatic rings. The Morgan fingerprint density at radius 1 is 0.718 bits per heavy atom. The van der Waals surface area contributed by atoms with Crippen LogP contribution in [-0.4, -0.2) is 7.05 Å². The molecule has 0 heterocycles. The predicted octanol–water partition coefficient (Wildman–Crippen LogP) is 13.5. The minimum Gasteiger partial charge on any atom is -0.392 e. The molecule has 39 heavy (non-hydrogen) atoms. The minimum absolute atomic E-state index is 0. The van der Waals surface area contributed by atoms with Crippen LogP contribution in [0.3, 0.4) is 0 Å². The molecule has 0 radical (unpaired) electrons. The zero-order valence-electron chi connectivity index (χ0n) is 28.3. The molecule has 3 aliphatic carbocycles. The minimum atomic E-state index is 0. The first-order valence-corrected chi connectivity index (χ1v) is 17.7. The van der Waals surface area contributed by atoms with Crippen LogP contribution in [-0.2, 0) is 0 Å². The summed E-state index contributed by atoms with van der Waals surface area (Å²) in [5, 5.41) is 3.22. The quantitative estimate of drug-likeness (QED) is 0.225. The highest BCUT2D eigenvalue weighted by molar-refractivity contribution is 4.97. The number of unbranched alkanes of at least 4 members (excludes halogenated alkanes) is 5. The molecule has 3 rings (SSSR count). The van der Waals surface area contributed by atoms with E-state index < -0.39 is 0 Å². The molecule has 236 valence electrons. The van der Waals surface area contributed by atoms with Crippen molar-refractivity contribution in [2.24, 2.45) is 28.6 Å². The molecule has 3 fully saturated rings. The van der Waals surface area contributed by atoms with Gasteiger partial charge in [-0.25, -0.2) is 0 Å². The Labute approximate surface area is 250 Å². The number of fused-ring (bicyclic) bond motifs is 1. The van der Waals surface area contributed by atoms with Gasteiger partial charge in [-0.1, -0.05) is 134 Å². The monoisotopic (exact) mass is 550 g/mol. The Kier molecular flexibility index (Phi) is 25.2. The average Bonchev–Trinajstić information content (AvgIpc) is 3.32. The van der Waals surface area contributed by atoms with E-state index in [1.165, 1.54) is 134 Å². The first-order chi connectivity index (χ1) is 18.4. The molecule has 5 atom stereocenters. The first-order valence-electron chi connectivity index (χ1n) is 17.7. The van der Waals surface area contributed by atoms with E-state index in [0.29, 0.717) is 10.8 Å². The first kappa shape index (κ1) is 40.7. The Bertz CT molecular complexity index is 545. The summed E-state index contributed by atoms with van der Waals surface area (Å²) in [6.07, 6.45) is 30.5. The third-order valence-electron chi connectivity index (χ3n) is 10.7. The molecule has 0 saturated heterocycles. The van der Waals surface area contributed by atoms with Crippen molar-refractivity contribution in [2.75, 3.05) is 7.05 Å². The summed E-state index contributed by atoms with van der Waals surface area (Å²) in [7, 11) is 2.01. The van der Waals surface area contributed by atoms with Gasteiger partial charge < -0.3 is 5.32 Å². The molecular formula is C38H79N. The van der Waals surface area contributed by atoms with E-state index in [4.69, 9.17) is 0 Å². The van der Waals surface area contributed by atoms with Crippen molar-refractivity contribution in [1.82, 2.24) is 5.32 Å². The van der Waals surface area contributed by atoms with E-state index in [1.54, 1.807) is 0 Å². The Balaban J connectivity index is 0. The van der Waals surface area contributed by atoms with Crippen LogP contribution in [0, 0.1) is 28.6 Å². The smallest absolute Gasteiger partial charge is 0.00310 e. The van der Waals surface area contributed by atoms with Crippen LogP contribution < -0.4 is 5.32 Å². The summed E-state index contributed by atoms with van der Waals surface area (Å²) in [6.45, 7) is 21.9. The molecule has 1 nitrogen and oxygen atoms in total. The lowest BCUT2D eigenvalue weighted by atomic mass is 9.54. The Morgan fingerprint density at radius 3 is 1.90 bits per heavy atom. The summed E-state index contributed by atoms with van der Waals surface area (Å²) in [5.41, 5.74) is 2.52. The molecule has 0 aliphatic heterocycles. The number of hydrogen-bond acceptors (Lipinski definition) is 1. The van der Waals surface area contributed by atoms with Crippen LogP contribution in [0.15, 0.2) is 12.3 Å². The van der Waals surface area contributed by atoms with Crippen molar-refractivity contribution in [3.63, 3.8) is 0 Å². The SMILES string of the molecule is C.C=C(CCCC1CCCC1(C)CCC1CCCC2CCCCC21C)NC.CC.CC.CCCCCCCC. The van der Waals surface area contributed by atoms with Gasteiger partial charge in [-0.15, -0.1) is 0 Å². The summed E-state index contributed by atoms with van der Waals surface area (Å²) >= 11 is 0.